The molecular weight excluding hydrogens is 225 g/mol. The van der Waals surface area contributed by atoms with Crippen molar-refractivity contribution in [3.63, 3.8) is 0 Å². The van der Waals surface area contributed by atoms with E-state index in [0.29, 0.717) is 36.3 Å². The van der Waals surface area contributed by atoms with Crippen LogP contribution in [0.1, 0.15) is 25.2 Å². The normalized spacial score (nSPS) is 10.9. The highest BCUT2D eigenvalue weighted by Crippen LogP contribution is 2.18. The van der Waals surface area contributed by atoms with Gasteiger partial charge in [-0.3, -0.25) is 4.79 Å². The lowest BCUT2D eigenvalue weighted by molar-refractivity contribution is -0.137. The molecule has 0 aliphatic carbocycles. The molecule has 1 aromatic carbocycles. The summed E-state index contributed by atoms with van der Waals surface area (Å²) in [5.74, 6) is -0.633. The van der Waals surface area contributed by atoms with E-state index in [1.54, 1.807) is 6.07 Å². The third-order valence-corrected chi connectivity index (χ3v) is 2.43. The molecule has 0 aliphatic heterocycles. The minimum absolute atomic E-state index is 0.148. The first-order chi connectivity index (χ1) is 8.15. The van der Waals surface area contributed by atoms with Crippen molar-refractivity contribution in [2.75, 3.05) is 0 Å². The monoisotopic (exact) mass is 237 g/mol. The molecule has 2 aromatic rings. The number of aryl methyl sites for hydroxylation is 1. The van der Waals surface area contributed by atoms with Gasteiger partial charge in [-0.25, -0.2) is 9.37 Å². The van der Waals surface area contributed by atoms with Crippen molar-refractivity contribution in [1.29, 1.82) is 0 Å². The SMILES string of the molecule is O=C(O)CCCCc1nc2ccc(F)cc2o1. The predicted molar refractivity (Wildman–Crippen MR) is 59.2 cm³/mol. The molecule has 0 fully saturated rings. The summed E-state index contributed by atoms with van der Waals surface area (Å²) in [6, 6.07) is 4.19. The molecule has 1 aromatic heterocycles. The Bertz CT molecular complexity index is 536. The first-order valence-electron chi connectivity index (χ1n) is 5.42. The fourth-order valence-electron chi connectivity index (χ4n) is 1.61. The third-order valence-electron chi connectivity index (χ3n) is 2.43. The molecule has 5 heteroatoms. The molecule has 0 spiro atoms. The Balaban J connectivity index is 1.97. The molecule has 0 unspecified atom stereocenters. The van der Waals surface area contributed by atoms with Gasteiger partial charge in [-0.05, 0) is 25.0 Å². The number of fused-ring (bicyclic) bond motifs is 1. The molecule has 1 heterocycles. The number of carboxylic acid groups (broad SMARTS) is 1. The van der Waals surface area contributed by atoms with Gasteiger partial charge in [0.2, 0.25) is 0 Å². The van der Waals surface area contributed by atoms with Crippen molar-refractivity contribution in [2.24, 2.45) is 0 Å². The Morgan fingerprint density at radius 2 is 2.24 bits per heavy atom. The fourth-order valence-corrected chi connectivity index (χ4v) is 1.61. The van der Waals surface area contributed by atoms with Gasteiger partial charge >= 0.3 is 5.97 Å². The lowest BCUT2D eigenvalue weighted by Gasteiger charge is -1.93. The van der Waals surface area contributed by atoms with Crippen LogP contribution in [0, 0.1) is 5.82 Å². The van der Waals surface area contributed by atoms with Gasteiger partial charge in [0, 0.05) is 18.9 Å². The Hall–Kier alpha value is -1.91. The molecule has 0 saturated heterocycles. The van der Waals surface area contributed by atoms with Gasteiger partial charge in [0.05, 0.1) is 0 Å². The van der Waals surface area contributed by atoms with E-state index in [1.165, 1.54) is 12.1 Å². The van der Waals surface area contributed by atoms with Crippen molar-refractivity contribution in [2.45, 2.75) is 25.7 Å². The quantitative estimate of drug-likeness (QED) is 0.812. The molecule has 0 amide bonds. The summed E-state index contributed by atoms with van der Waals surface area (Å²) >= 11 is 0. The van der Waals surface area contributed by atoms with Gasteiger partial charge in [0.25, 0.3) is 0 Å². The smallest absolute Gasteiger partial charge is 0.303 e. The standard InChI is InChI=1S/C12H12FNO3/c13-8-5-6-9-10(7-8)17-11(14-9)3-1-2-4-12(15)16/h5-7H,1-4H2,(H,15,16). The molecule has 2 rings (SSSR count). The van der Waals surface area contributed by atoms with E-state index in [1.807, 2.05) is 0 Å². The Morgan fingerprint density at radius 3 is 3.00 bits per heavy atom. The first kappa shape index (κ1) is 11.6. The summed E-state index contributed by atoms with van der Waals surface area (Å²) in [5.41, 5.74) is 1.05. The molecule has 0 atom stereocenters. The minimum Gasteiger partial charge on any atom is -0.481 e. The number of benzene rings is 1. The topological polar surface area (TPSA) is 63.3 Å². The summed E-state index contributed by atoms with van der Waals surface area (Å²) in [6.07, 6.45) is 2.00. The molecule has 0 bridgehead atoms. The molecule has 17 heavy (non-hydrogen) atoms. The summed E-state index contributed by atoms with van der Waals surface area (Å²) in [7, 11) is 0. The fraction of sp³-hybridized carbons (Fsp3) is 0.333. The lowest BCUT2D eigenvalue weighted by atomic mass is 10.2. The molecule has 90 valence electrons. The van der Waals surface area contributed by atoms with Crippen LogP contribution in [0.15, 0.2) is 22.6 Å². The summed E-state index contributed by atoms with van der Waals surface area (Å²) in [4.78, 5) is 14.5. The predicted octanol–water partition coefficient (Wildman–Crippen LogP) is 2.76. The maximum absolute atomic E-state index is 12.9. The number of aromatic nitrogens is 1. The molecule has 0 radical (unpaired) electrons. The van der Waals surface area contributed by atoms with Crippen molar-refractivity contribution in [3.05, 3.63) is 29.9 Å². The highest BCUT2D eigenvalue weighted by molar-refractivity contribution is 5.72. The van der Waals surface area contributed by atoms with Crippen LogP contribution in [0.4, 0.5) is 4.39 Å². The first-order valence-corrected chi connectivity index (χ1v) is 5.42. The summed E-state index contributed by atoms with van der Waals surface area (Å²) in [5, 5.41) is 8.47. The van der Waals surface area contributed by atoms with Crippen molar-refractivity contribution in [3.8, 4) is 0 Å². The number of oxazole rings is 1. The van der Waals surface area contributed by atoms with Crippen molar-refractivity contribution in [1.82, 2.24) is 4.98 Å². The van der Waals surface area contributed by atoms with E-state index in [0.717, 1.165) is 0 Å². The maximum atomic E-state index is 12.9. The van der Waals surface area contributed by atoms with Gasteiger partial charge < -0.3 is 9.52 Å². The molecule has 1 N–H and O–H groups in total. The van der Waals surface area contributed by atoms with Crippen LogP contribution in [0.25, 0.3) is 11.1 Å². The number of nitrogens with zero attached hydrogens (tertiary/aromatic N) is 1. The van der Waals surface area contributed by atoms with Crippen molar-refractivity contribution >= 4 is 17.1 Å². The van der Waals surface area contributed by atoms with E-state index in [9.17, 15) is 9.18 Å². The summed E-state index contributed by atoms with van der Waals surface area (Å²) < 4.78 is 18.2. The lowest BCUT2D eigenvalue weighted by Crippen LogP contribution is -1.94. The Labute approximate surface area is 97.1 Å². The number of unbranched alkanes of at least 4 members (excludes halogenated alkanes) is 1. The number of carboxylic acids is 1. The summed E-state index contributed by atoms with van der Waals surface area (Å²) in [6.45, 7) is 0. The van der Waals surface area contributed by atoms with Crippen LogP contribution in [0.2, 0.25) is 0 Å². The number of carbonyl (C=O) groups is 1. The van der Waals surface area contributed by atoms with Gasteiger partial charge in [-0.1, -0.05) is 0 Å². The molecule has 0 saturated carbocycles. The Morgan fingerprint density at radius 1 is 1.41 bits per heavy atom. The van der Waals surface area contributed by atoms with Gasteiger partial charge in [-0.15, -0.1) is 0 Å². The second-order valence-corrected chi connectivity index (χ2v) is 3.82. The van der Waals surface area contributed by atoms with Crippen LogP contribution in [0.3, 0.4) is 0 Å². The van der Waals surface area contributed by atoms with E-state index in [-0.39, 0.29) is 12.2 Å². The van der Waals surface area contributed by atoms with Crippen LogP contribution >= 0.6 is 0 Å². The molecule has 4 nitrogen and oxygen atoms in total. The van der Waals surface area contributed by atoms with Crippen molar-refractivity contribution < 1.29 is 18.7 Å². The van der Waals surface area contributed by atoms with Crippen LogP contribution in [-0.2, 0) is 11.2 Å². The highest BCUT2D eigenvalue weighted by Gasteiger charge is 2.06. The zero-order valence-corrected chi connectivity index (χ0v) is 9.15. The number of rotatable bonds is 5. The van der Waals surface area contributed by atoms with Crippen LogP contribution < -0.4 is 0 Å². The number of hydrogen-bond donors (Lipinski definition) is 1. The van der Waals surface area contributed by atoms with E-state index in [2.05, 4.69) is 4.98 Å². The van der Waals surface area contributed by atoms with Crippen LogP contribution in [-0.4, -0.2) is 16.1 Å². The third kappa shape index (κ3) is 3.03. The largest absolute Gasteiger partial charge is 0.481 e. The average Bonchev–Trinajstić information content (AvgIpc) is 2.66. The van der Waals surface area contributed by atoms with Gasteiger partial charge in [0.15, 0.2) is 11.5 Å². The molecule has 0 aliphatic rings. The second-order valence-electron chi connectivity index (χ2n) is 3.82. The number of aliphatic carboxylic acids is 1. The minimum atomic E-state index is -0.801. The average molecular weight is 237 g/mol. The zero-order chi connectivity index (χ0) is 12.3. The van der Waals surface area contributed by atoms with E-state index >= 15 is 0 Å². The van der Waals surface area contributed by atoms with E-state index in [4.69, 9.17) is 9.52 Å². The maximum Gasteiger partial charge on any atom is 0.303 e. The number of hydrogen-bond acceptors (Lipinski definition) is 3. The van der Waals surface area contributed by atoms with Gasteiger partial charge in [0.1, 0.15) is 11.3 Å². The highest BCUT2D eigenvalue weighted by atomic mass is 19.1. The van der Waals surface area contributed by atoms with E-state index < -0.39 is 5.97 Å². The Kier molecular flexibility index (Phi) is 3.37. The zero-order valence-electron chi connectivity index (χ0n) is 9.15. The second kappa shape index (κ2) is 4.95. The molecular formula is C12H12FNO3. The van der Waals surface area contributed by atoms with Crippen LogP contribution in [0.5, 0.6) is 0 Å². The number of halogens is 1. The van der Waals surface area contributed by atoms with Gasteiger partial charge in [-0.2, -0.15) is 0 Å².